The number of hydrogen-bond acceptors (Lipinski definition) is 4. The molecule has 0 bridgehead atoms. The lowest BCUT2D eigenvalue weighted by molar-refractivity contribution is 0.0922. The molecule has 3 aromatic carbocycles. The van der Waals surface area contributed by atoms with Gasteiger partial charge in [-0.2, -0.15) is 5.26 Å². The summed E-state index contributed by atoms with van der Waals surface area (Å²) in [5.41, 5.74) is 2.68. The number of nitrogens with zero attached hydrogens (tertiary/aromatic N) is 2. The van der Waals surface area contributed by atoms with Gasteiger partial charge in [-0.15, -0.1) is 0 Å². The number of benzene rings is 3. The summed E-state index contributed by atoms with van der Waals surface area (Å²) < 4.78 is 7.61. The Balaban J connectivity index is 1.46. The number of para-hydroxylation sites is 1. The molecular weight excluding hydrogens is 388 g/mol. The van der Waals surface area contributed by atoms with Crippen LogP contribution in [0.4, 0.5) is 0 Å². The molecule has 0 aliphatic carbocycles. The molecule has 0 aliphatic rings. The summed E-state index contributed by atoms with van der Waals surface area (Å²) in [5.74, 6) is 0.316. The number of hydrogen-bond donors (Lipinski definition) is 0. The Bertz CT molecular complexity index is 1270. The van der Waals surface area contributed by atoms with Gasteiger partial charge in [0.2, 0.25) is 5.78 Å². The first-order valence-corrected chi connectivity index (χ1v) is 9.98. The lowest BCUT2D eigenvalue weighted by atomic mass is 10.0. The fourth-order valence-corrected chi connectivity index (χ4v) is 3.51. The van der Waals surface area contributed by atoms with Gasteiger partial charge in [0.15, 0.2) is 12.4 Å². The third-order valence-corrected chi connectivity index (χ3v) is 5.08. The Labute approximate surface area is 180 Å². The van der Waals surface area contributed by atoms with Crippen LogP contribution in [0.3, 0.4) is 0 Å². The maximum atomic E-state index is 12.8. The predicted octanol–water partition coefficient (Wildman–Crippen LogP) is 5.05. The lowest BCUT2D eigenvalue weighted by Crippen LogP contribution is -2.11. The minimum atomic E-state index is -0.142. The van der Waals surface area contributed by atoms with Crippen LogP contribution in [0.2, 0.25) is 0 Å². The highest BCUT2D eigenvalue weighted by Crippen LogP contribution is 2.23. The van der Waals surface area contributed by atoms with Crippen LogP contribution in [0.5, 0.6) is 5.75 Å². The Morgan fingerprint density at radius 1 is 0.871 bits per heavy atom. The average Bonchev–Trinajstić information content (AvgIpc) is 3.20. The largest absolute Gasteiger partial charge is 0.485 e. The minimum absolute atomic E-state index is 0.0617. The molecule has 1 heterocycles. The van der Waals surface area contributed by atoms with Gasteiger partial charge in [-0.3, -0.25) is 9.59 Å². The first-order valence-electron chi connectivity index (χ1n) is 9.98. The van der Waals surface area contributed by atoms with E-state index in [1.165, 1.54) is 0 Å². The number of aromatic nitrogens is 1. The van der Waals surface area contributed by atoms with Crippen molar-refractivity contribution in [3.63, 3.8) is 0 Å². The molecule has 1 aromatic heterocycles. The van der Waals surface area contributed by atoms with Crippen LogP contribution in [0.25, 0.3) is 10.9 Å². The van der Waals surface area contributed by atoms with Crippen molar-refractivity contribution >= 4 is 22.5 Å². The van der Waals surface area contributed by atoms with Gasteiger partial charge in [-0.05, 0) is 30.3 Å². The topological polar surface area (TPSA) is 72.1 Å². The second kappa shape index (κ2) is 9.10. The molecule has 31 heavy (non-hydrogen) atoms. The molecule has 0 radical (unpaired) electrons. The van der Waals surface area contributed by atoms with Gasteiger partial charge in [-0.25, -0.2) is 0 Å². The third-order valence-electron chi connectivity index (χ3n) is 5.08. The van der Waals surface area contributed by atoms with Crippen LogP contribution in [-0.2, 0) is 6.54 Å². The van der Waals surface area contributed by atoms with Crippen molar-refractivity contribution in [3.05, 3.63) is 102 Å². The molecule has 5 nitrogen and oxygen atoms in total. The van der Waals surface area contributed by atoms with Crippen molar-refractivity contribution in [1.29, 1.82) is 5.26 Å². The zero-order valence-electron chi connectivity index (χ0n) is 16.8. The van der Waals surface area contributed by atoms with Crippen molar-refractivity contribution in [3.8, 4) is 11.8 Å². The highest BCUT2D eigenvalue weighted by atomic mass is 16.5. The van der Waals surface area contributed by atoms with Gasteiger partial charge in [0, 0.05) is 40.3 Å². The van der Waals surface area contributed by atoms with E-state index in [1.807, 2.05) is 47.0 Å². The number of Topliss-reactive ketones (excluding diaryl/α,β-unsaturated/α-hetero) is 1. The number of rotatable bonds is 8. The summed E-state index contributed by atoms with van der Waals surface area (Å²) in [6, 6.07) is 25.6. The molecule has 0 amide bonds. The van der Waals surface area contributed by atoms with E-state index in [-0.39, 0.29) is 18.2 Å². The number of nitriles is 1. The van der Waals surface area contributed by atoms with E-state index < -0.39 is 0 Å². The van der Waals surface area contributed by atoms with Crippen molar-refractivity contribution in [2.24, 2.45) is 0 Å². The molecule has 0 unspecified atom stereocenters. The number of carbonyl (C=O) groups excluding carboxylic acids is 2. The zero-order valence-corrected chi connectivity index (χ0v) is 16.8. The van der Waals surface area contributed by atoms with Crippen LogP contribution >= 0.6 is 0 Å². The summed E-state index contributed by atoms with van der Waals surface area (Å²) in [7, 11) is 0. The third kappa shape index (κ3) is 4.39. The molecule has 4 aromatic rings. The number of ether oxygens (including phenoxy) is 1. The molecule has 0 aliphatic heterocycles. The van der Waals surface area contributed by atoms with Crippen molar-refractivity contribution in [1.82, 2.24) is 4.57 Å². The molecule has 4 rings (SSSR count). The molecular formula is C26H20N2O3. The van der Waals surface area contributed by atoms with Crippen molar-refractivity contribution in [2.75, 3.05) is 6.61 Å². The quantitative estimate of drug-likeness (QED) is 0.383. The van der Waals surface area contributed by atoms with Gasteiger partial charge < -0.3 is 9.30 Å². The molecule has 152 valence electrons. The Hall–Kier alpha value is -4.17. The normalized spacial score (nSPS) is 10.5. The summed E-state index contributed by atoms with van der Waals surface area (Å²) in [6.45, 7) is 0.417. The summed E-state index contributed by atoms with van der Waals surface area (Å²) >= 11 is 0. The van der Waals surface area contributed by atoms with Crippen LogP contribution in [0, 0.1) is 11.3 Å². The SMILES string of the molecule is N#CCCn1cc(C(=O)COc2ccc(C(=O)c3ccccc3)cc2)c2ccccc21. The van der Waals surface area contributed by atoms with Crippen LogP contribution in [0.15, 0.2) is 85.1 Å². The van der Waals surface area contributed by atoms with E-state index in [2.05, 4.69) is 6.07 Å². The molecule has 0 spiro atoms. The van der Waals surface area contributed by atoms with E-state index in [1.54, 1.807) is 42.6 Å². The molecule has 0 atom stereocenters. The maximum Gasteiger partial charge on any atom is 0.202 e. The van der Waals surface area contributed by atoms with Gasteiger partial charge in [0.25, 0.3) is 0 Å². The molecule has 5 heteroatoms. The highest BCUT2D eigenvalue weighted by molar-refractivity contribution is 6.09. The molecule has 0 saturated carbocycles. The Kier molecular flexibility index (Phi) is 5.91. The predicted molar refractivity (Wildman–Crippen MR) is 118 cm³/mol. The van der Waals surface area contributed by atoms with Crippen LogP contribution in [-0.4, -0.2) is 22.7 Å². The second-order valence-electron chi connectivity index (χ2n) is 7.09. The first-order chi connectivity index (χ1) is 15.2. The van der Waals surface area contributed by atoms with E-state index >= 15 is 0 Å². The fourth-order valence-electron chi connectivity index (χ4n) is 3.51. The Morgan fingerprint density at radius 3 is 2.29 bits per heavy atom. The van der Waals surface area contributed by atoms with Gasteiger partial charge in [0.1, 0.15) is 5.75 Å². The van der Waals surface area contributed by atoms with Gasteiger partial charge >= 0.3 is 0 Å². The maximum absolute atomic E-state index is 12.8. The smallest absolute Gasteiger partial charge is 0.202 e. The van der Waals surface area contributed by atoms with Gasteiger partial charge in [-0.1, -0.05) is 48.5 Å². The molecule has 0 N–H and O–H groups in total. The van der Waals surface area contributed by atoms with Crippen LogP contribution in [0.1, 0.15) is 32.7 Å². The zero-order chi connectivity index (χ0) is 21.6. The lowest BCUT2D eigenvalue weighted by Gasteiger charge is -2.06. The number of fused-ring (bicyclic) bond motifs is 1. The van der Waals surface area contributed by atoms with E-state index in [0.717, 1.165) is 10.9 Å². The summed E-state index contributed by atoms with van der Waals surface area (Å²) in [6.07, 6.45) is 2.16. The Morgan fingerprint density at radius 2 is 1.55 bits per heavy atom. The standard InChI is InChI=1S/C26H20N2O3/c27-15-6-16-28-17-23(22-9-4-5-10-24(22)28)25(29)18-31-21-13-11-20(12-14-21)26(30)19-7-2-1-3-8-19/h1-5,7-14,17H,6,16,18H2. The monoisotopic (exact) mass is 408 g/mol. The molecule has 0 fully saturated rings. The highest BCUT2D eigenvalue weighted by Gasteiger charge is 2.16. The van der Waals surface area contributed by atoms with E-state index in [4.69, 9.17) is 10.00 Å². The second-order valence-corrected chi connectivity index (χ2v) is 7.09. The number of carbonyl (C=O) groups is 2. The summed E-state index contributed by atoms with van der Waals surface area (Å²) in [4.78, 5) is 25.3. The number of ketones is 2. The fraction of sp³-hybridized carbons (Fsp3) is 0.115. The van der Waals surface area contributed by atoms with Crippen molar-refractivity contribution < 1.29 is 14.3 Å². The van der Waals surface area contributed by atoms with Crippen molar-refractivity contribution in [2.45, 2.75) is 13.0 Å². The van der Waals surface area contributed by atoms with E-state index in [9.17, 15) is 9.59 Å². The summed E-state index contributed by atoms with van der Waals surface area (Å²) in [5, 5.41) is 9.72. The van der Waals surface area contributed by atoms with Gasteiger partial charge in [0.05, 0.1) is 12.5 Å². The minimum Gasteiger partial charge on any atom is -0.485 e. The average molecular weight is 408 g/mol. The molecule has 0 saturated heterocycles. The number of aryl methyl sites for hydroxylation is 1. The van der Waals surface area contributed by atoms with E-state index in [0.29, 0.717) is 35.4 Å². The first kappa shape index (κ1) is 20.1. The van der Waals surface area contributed by atoms with Crippen LogP contribution < -0.4 is 4.74 Å².